The zero-order chi connectivity index (χ0) is 21.3. The van der Waals surface area contributed by atoms with Gasteiger partial charge in [-0.3, -0.25) is 15.1 Å². The molecular formula is C19H28N6O3S. The molecule has 0 bridgehead atoms. The number of carbonyl (C=O) groups excluding carboxylic acids is 2. The molecule has 2 aromatic heterocycles. The van der Waals surface area contributed by atoms with E-state index in [2.05, 4.69) is 25.8 Å². The highest BCUT2D eigenvalue weighted by molar-refractivity contribution is 7.99. The Morgan fingerprint density at radius 1 is 1.21 bits per heavy atom. The lowest BCUT2D eigenvalue weighted by Crippen LogP contribution is -2.48. The molecule has 0 aliphatic carbocycles. The number of nitrogens with one attached hydrogen (secondary N) is 2. The highest BCUT2D eigenvalue weighted by atomic mass is 32.2. The minimum Gasteiger partial charge on any atom is -0.382 e. The molecule has 3 amide bonds. The van der Waals surface area contributed by atoms with Gasteiger partial charge in [-0.15, -0.1) is 10.2 Å². The quantitative estimate of drug-likeness (QED) is 0.473. The minimum absolute atomic E-state index is 0.0531. The molecule has 0 fully saturated rings. The van der Waals surface area contributed by atoms with Crippen molar-refractivity contribution in [1.29, 1.82) is 0 Å². The van der Waals surface area contributed by atoms with Crippen LogP contribution in [0.2, 0.25) is 0 Å². The van der Waals surface area contributed by atoms with Gasteiger partial charge in [0.2, 0.25) is 5.91 Å². The summed E-state index contributed by atoms with van der Waals surface area (Å²) in [7, 11) is 0. The number of pyridine rings is 1. The van der Waals surface area contributed by atoms with Crippen LogP contribution in [0.4, 0.5) is 4.79 Å². The molecule has 2 N–H and O–H groups in total. The Hall–Kier alpha value is -2.46. The predicted molar refractivity (Wildman–Crippen MR) is 112 cm³/mol. The zero-order valence-electron chi connectivity index (χ0n) is 17.3. The number of rotatable bonds is 9. The molecule has 29 heavy (non-hydrogen) atoms. The van der Waals surface area contributed by atoms with Crippen molar-refractivity contribution >= 4 is 23.7 Å². The molecule has 2 heterocycles. The number of urea groups is 1. The lowest BCUT2D eigenvalue weighted by atomic mass is 10.1. The van der Waals surface area contributed by atoms with Gasteiger partial charge in [-0.25, -0.2) is 4.79 Å². The number of imide groups is 1. The Bertz CT molecular complexity index is 804. The zero-order valence-corrected chi connectivity index (χ0v) is 18.1. The van der Waals surface area contributed by atoms with Gasteiger partial charge in [-0.1, -0.05) is 11.8 Å². The first-order valence-corrected chi connectivity index (χ1v) is 10.4. The molecule has 0 radical (unpaired) electrons. The van der Waals surface area contributed by atoms with Crippen LogP contribution < -0.4 is 10.6 Å². The summed E-state index contributed by atoms with van der Waals surface area (Å²) < 4.78 is 7.38. The third-order valence-electron chi connectivity index (χ3n) is 3.60. The number of aromatic nitrogens is 4. The lowest BCUT2D eigenvalue weighted by Gasteiger charge is -2.20. The second-order valence-corrected chi connectivity index (χ2v) is 8.23. The van der Waals surface area contributed by atoms with Gasteiger partial charge in [0.1, 0.15) is 0 Å². The molecule has 10 heteroatoms. The van der Waals surface area contributed by atoms with Crippen molar-refractivity contribution in [3.8, 4) is 11.4 Å². The van der Waals surface area contributed by atoms with E-state index in [0.29, 0.717) is 30.7 Å². The molecule has 0 saturated heterocycles. The maximum atomic E-state index is 12.1. The second-order valence-electron chi connectivity index (χ2n) is 7.29. The lowest BCUT2D eigenvalue weighted by molar-refractivity contribution is -0.117. The van der Waals surface area contributed by atoms with Crippen molar-refractivity contribution in [1.82, 2.24) is 30.4 Å². The first-order chi connectivity index (χ1) is 13.8. The number of amides is 3. The number of carbonyl (C=O) groups is 2. The third-order valence-corrected chi connectivity index (χ3v) is 4.57. The highest BCUT2D eigenvalue weighted by Gasteiger charge is 2.18. The summed E-state index contributed by atoms with van der Waals surface area (Å²) in [6.45, 7) is 9.43. The maximum absolute atomic E-state index is 12.1. The van der Waals surface area contributed by atoms with Gasteiger partial charge < -0.3 is 14.6 Å². The molecule has 0 atom stereocenters. The number of hydrogen-bond acceptors (Lipinski definition) is 7. The first kappa shape index (κ1) is 22.8. The van der Waals surface area contributed by atoms with E-state index in [9.17, 15) is 9.59 Å². The van der Waals surface area contributed by atoms with Gasteiger partial charge in [-0.2, -0.15) is 0 Å². The van der Waals surface area contributed by atoms with Crippen LogP contribution in [-0.2, 0) is 16.1 Å². The van der Waals surface area contributed by atoms with E-state index >= 15 is 0 Å². The number of hydrogen-bond donors (Lipinski definition) is 2. The monoisotopic (exact) mass is 420 g/mol. The Morgan fingerprint density at radius 2 is 1.93 bits per heavy atom. The van der Waals surface area contributed by atoms with E-state index in [1.807, 2.05) is 44.4 Å². The van der Waals surface area contributed by atoms with Crippen LogP contribution >= 0.6 is 11.8 Å². The first-order valence-electron chi connectivity index (χ1n) is 9.46. The Kier molecular flexibility index (Phi) is 8.59. The molecule has 2 aromatic rings. The molecule has 9 nitrogen and oxygen atoms in total. The van der Waals surface area contributed by atoms with Gasteiger partial charge in [-0.05, 0) is 46.2 Å². The molecule has 0 aliphatic heterocycles. The average molecular weight is 421 g/mol. The highest BCUT2D eigenvalue weighted by Crippen LogP contribution is 2.24. The van der Waals surface area contributed by atoms with Crippen LogP contribution in [0.5, 0.6) is 0 Å². The summed E-state index contributed by atoms with van der Waals surface area (Å²) in [6.07, 6.45) is 4.18. The van der Waals surface area contributed by atoms with Crippen LogP contribution in [0.25, 0.3) is 11.4 Å². The Morgan fingerprint density at radius 3 is 2.59 bits per heavy atom. The standard InChI is InChI=1S/C19H28N6O3S/c1-5-28-12-6-11-25-16(14-7-9-20-10-8-14)23-24-18(25)29-13-15(26)21-17(27)22-19(2,3)4/h7-10H,5-6,11-13H2,1-4H3,(H2,21,22,26,27). The molecule has 2 rings (SSSR count). The topological polar surface area (TPSA) is 111 Å². The molecule has 0 unspecified atom stereocenters. The molecule has 158 valence electrons. The minimum atomic E-state index is -0.515. The fraction of sp³-hybridized carbons (Fsp3) is 0.526. The van der Waals surface area contributed by atoms with Crippen molar-refractivity contribution in [3.05, 3.63) is 24.5 Å². The van der Waals surface area contributed by atoms with Crippen molar-refractivity contribution in [2.24, 2.45) is 0 Å². The summed E-state index contributed by atoms with van der Waals surface area (Å²) >= 11 is 1.24. The van der Waals surface area contributed by atoms with Crippen molar-refractivity contribution in [2.45, 2.75) is 51.4 Å². The average Bonchev–Trinajstić information content (AvgIpc) is 3.05. The van der Waals surface area contributed by atoms with Crippen LogP contribution in [0.3, 0.4) is 0 Å². The van der Waals surface area contributed by atoms with E-state index < -0.39 is 17.5 Å². The summed E-state index contributed by atoms with van der Waals surface area (Å²) in [5, 5.41) is 14.2. The van der Waals surface area contributed by atoms with Crippen LogP contribution in [0, 0.1) is 0 Å². The van der Waals surface area contributed by atoms with Gasteiger partial charge in [0.05, 0.1) is 5.75 Å². The SMILES string of the molecule is CCOCCCn1c(SCC(=O)NC(=O)NC(C)(C)C)nnc1-c1ccncc1. The van der Waals surface area contributed by atoms with Crippen LogP contribution in [-0.4, -0.2) is 56.2 Å². The van der Waals surface area contributed by atoms with Gasteiger partial charge in [0.15, 0.2) is 11.0 Å². The second kappa shape index (κ2) is 10.9. The van der Waals surface area contributed by atoms with Crippen LogP contribution in [0.1, 0.15) is 34.1 Å². The van der Waals surface area contributed by atoms with Gasteiger partial charge in [0, 0.05) is 43.3 Å². The maximum Gasteiger partial charge on any atom is 0.321 e. The van der Waals surface area contributed by atoms with E-state index in [-0.39, 0.29) is 5.75 Å². The molecule has 0 spiro atoms. The normalized spacial score (nSPS) is 11.3. The number of nitrogens with zero attached hydrogens (tertiary/aromatic N) is 4. The molecule has 0 saturated carbocycles. The summed E-state index contributed by atoms with van der Waals surface area (Å²) in [5.41, 5.74) is 0.474. The van der Waals surface area contributed by atoms with Crippen molar-refractivity contribution in [2.75, 3.05) is 19.0 Å². The van der Waals surface area contributed by atoms with E-state index in [4.69, 9.17) is 4.74 Å². The van der Waals surface area contributed by atoms with E-state index in [0.717, 1.165) is 12.0 Å². The summed E-state index contributed by atoms with van der Waals surface area (Å²) in [5.74, 6) is 0.362. The summed E-state index contributed by atoms with van der Waals surface area (Å²) in [4.78, 5) is 28.0. The Labute approximate surface area is 175 Å². The fourth-order valence-electron chi connectivity index (χ4n) is 2.45. The van der Waals surface area contributed by atoms with Crippen molar-refractivity contribution in [3.63, 3.8) is 0 Å². The Balaban J connectivity index is 2.04. The largest absolute Gasteiger partial charge is 0.382 e. The molecule has 0 aromatic carbocycles. The summed E-state index contributed by atoms with van der Waals surface area (Å²) in [6, 6.07) is 3.21. The fourth-order valence-corrected chi connectivity index (χ4v) is 3.21. The molecular weight excluding hydrogens is 392 g/mol. The van der Waals surface area contributed by atoms with E-state index in [1.165, 1.54) is 11.8 Å². The third kappa shape index (κ3) is 7.82. The smallest absolute Gasteiger partial charge is 0.321 e. The molecule has 0 aliphatic rings. The van der Waals surface area contributed by atoms with Gasteiger partial charge in [0.25, 0.3) is 0 Å². The van der Waals surface area contributed by atoms with Crippen LogP contribution in [0.15, 0.2) is 29.7 Å². The number of ether oxygens (including phenoxy) is 1. The predicted octanol–water partition coefficient (Wildman–Crippen LogP) is 2.48. The van der Waals surface area contributed by atoms with Crippen molar-refractivity contribution < 1.29 is 14.3 Å². The van der Waals surface area contributed by atoms with E-state index in [1.54, 1.807) is 12.4 Å². The number of thioether (sulfide) groups is 1. The van der Waals surface area contributed by atoms with Gasteiger partial charge >= 0.3 is 6.03 Å².